The molecule has 2 N–H and O–H groups in total. The minimum atomic E-state index is 0.270. The van der Waals surface area contributed by atoms with Gasteiger partial charge >= 0.3 is 0 Å². The molecule has 0 saturated heterocycles. The van der Waals surface area contributed by atoms with E-state index >= 15 is 0 Å². The zero-order valence-corrected chi connectivity index (χ0v) is 14.2. The fourth-order valence-electron chi connectivity index (χ4n) is 6.65. The van der Waals surface area contributed by atoms with Crippen molar-refractivity contribution in [1.82, 2.24) is 10.6 Å². The number of carbonyl (C=O) groups excluding carboxylic acids is 1. The fourth-order valence-corrected chi connectivity index (χ4v) is 6.65. The quantitative estimate of drug-likeness (QED) is 0.817. The Morgan fingerprint density at radius 2 is 1.76 bits per heavy atom. The molecule has 4 rings (SSSR count). The second-order valence-electron chi connectivity index (χ2n) is 9.30. The third-order valence-electron chi connectivity index (χ3n) is 6.38. The minimum Gasteiger partial charge on any atom is -0.355 e. The van der Waals surface area contributed by atoms with Gasteiger partial charge in [0.2, 0.25) is 5.91 Å². The molecule has 120 valence electrons. The molecule has 0 radical (unpaired) electrons. The van der Waals surface area contributed by atoms with Gasteiger partial charge in [0, 0.05) is 19.0 Å². The third kappa shape index (κ3) is 2.99. The van der Waals surface area contributed by atoms with E-state index in [1.807, 2.05) is 7.05 Å². The van der Waals surface area contributed by atoms with Crippen LogP contribution in [0, 0.1) is 22.2 Å². The largest absolute Gasteiger partial charge is 0.355 e. The van der Waals surface area contributed by atoms with Crippen LogP contribution in [-0.4, -0.2) is 25.5 Å². The molecule has 4 aliphatic carbocycles. The summed E-state index contributed by atoms with van der Waals surface area (Å²) in [6, 6.07) is 0.348. The summed E-state index contributed by atoms with van der Waals surface area (Å²) < 4.78 is 0. The highest BCUT2D eigenvalue weighted by atomic mass is 16.1. The highest BCUT2D eigenvalue weighted by Crippen LogP contribution is 2.70. The first-order valence-corrected chi connectivity index (χ1v) is 8.70. The molecule has 0 aliphatic heterocycles. The predicted octanol–water partition coefficient (Wildman–Crippen LogP) is 3.10. The van der Waals surface area contributed by atoms with Crippen LogP contribution in [0.4, 0.5) is 0 Å². The highest BCUT2D eigenvalue weighted by Gasteiger charge is 2.60. The van der Waals surface area contributed by atoms with Gasteiger partial charge in [-0.1, -0.05) is 13.8 Å². The van der Waals surface area contributed by atoms with Gasteiger partial charge in [0.15, 0.2) is 0 Å². The normalized spacial score (nSPS) is 45.6. The van der Waals surface area contributed by atoms with Crippen LogP contribution in [0.3, 0.4) is 0 Å². The van der Waals surface area contributed by atoms with Gasteiger partial charge in [-0.15, -0.1) is 0 Å². The average Bonchev–Trinajstić information content (AvgIpc) is 2.30. The molecule has 0 aromatic rings. The Balaban J connectivity index is 1.66. The Hall–Kier alpha value is -0.570. The zero-order valence-electron chi connectivity index (χ0n) is 14.2. The molecule has 4 fully saturated rings. The predicted molar refractivity (Wildman–Crippen MR) is 86.0 cm³/mol. The van der Waals surface area contributed by atoms with Gasteiger partial charge in [-0.25, -0.2) is 0 Å². The van der Waals surface area contributed by atoms with Crippen molar-refractivity contribution in [3.8, 4) is 0 Å². The van der Waals surface area contributed by atoms with Crippen molar-refractivity contribution in [3.63, 3.8) is 0 Å². The van der Waals surface area contributed by atoms with Crippen LogP contribution < -0.4 is 10.6 Å². The molecule has 21 heavy (non-hydrogen) atoms. The van der Waals surface area contributed by atoms with E-state index in [4.69, 9.17) is 0 Å². The standard InChI is InChI=1S/C18H32N2O/c1-13(19-4)9-20-15(21)8-18-7-14-5-16(2,11-18)10-17(3,6-14)12-18/h13-14,19H,5-12H2,1-4H3,(H,20,21). The van der Waals surface area contributed by atoms with Gasteiger partial charge in [0.1, 0.15) is 0 Å². The number of hydrogen-bond acceptors (Lipinski definition) is 2. The van der Waals surface area contributed by atoms with Crippen molar-refractivity contribution in [2.24, 2.45) is 22.2 Å². The van der Waals surface area contributed by atoms with Crippen LogP contribution in [0.5, 0.6) is 0 Å². The molecule has 4 bridgehead atoms. The Morgan fingerprint density at radius 1 is 1.14 bits per heavy atom. The van der Waals surface area contributed by atoms with Crippen LogP contribution in [0.15, 0.2) is 0 Å². The van der Waals surface area contributed by atoms with Crippen molar-refractivity contribution in [2.75, 3.05) is 13.6 Å². The number of hydrogen-bond donors (Lipinski definition) is 2. The van der Waals surface area contributed by atoms with E-state index in [0.29, 0.717) is 22.3 Å². The summed E-state index contributed by atoms with van der Waals surface area (Å²) in [7, 11) is 1.94. The van der Waals surface area contributed by atoms with Crippen molar-refractivity contribution in [3.05, 3.63) is 0 Å². The number of nitrogens with one attached hydrogen (secondary N) is 2. The van der Waals surface area contributed by atoms with Crippen LogP contribution in [0.2, 0.25) is 0 Å². The van der Waals surface area contributed by atoms with E-state index in [2.05, 4.69) is 31.4 Å². The fraction of sp³-hybridized carbons (Fsp3) is 0.944. The number of carbonyl (C=O) groups is 1. The summed E-state index contributed by atoms with van der Waals surface area (Å²) in [6.45, 7) is 7.80. The summed E-state index contributed by atoms with van der Waals surface area (Å²) >= 11 is 0. The summed E-state index contributed by atoms with van der Waals surface area (Å²) in [5.74, 6) is 1.14. The van der Waals surface area contributed by atoms with Crippen molar-refractivity contribution in [2.45, 2.75) is 71.8 Å². The second kappa shape index (κ2) is 4.97. The average molecular weight is 292 g/mol. The van der Waals surface area contributed by atoms with E-state index in [0.717, 1.165) is 18.9 Å². The summed E-state index contributed by atoms with van der Waals surface area (Å²) in [5, 5.41) is 6.31. The molecule has 3 heteroatoms. The van der Waals surface area contributed by atoms with Crippen LogP contribution in [-0.2, 0) is 4.79 Å². The third-order valence-corrected chi connectivity index (χ3v) is 6.38. The topological polar surface area (TPSA) is 41.1 Å². The van der Waals surface area contributed by atoms with Crippen molar-refractivity contribution in [1.29, 1.82) is 0 Å². The number of rotatable bonds is 5. The minimum absolute atomic E-state index is 0.270. The van der Waals surface area contributed by atoms with Gasteiger partial charge in [-0.2, -0.15) is 0 Å². The maximum Gasteiger partial charge on any atom is 0.220 e. The number of likely N-dealkylation sites (N-methyl/N-ethyl adjacent to an activating group) is 1. The molecule has 4 aliphatic rings. The summed E-state index contributed by atoms with van der Waals surface area (Å²) in [5.41, 5.74) is 1.31. The first kappa shape index (κ1) is 15.3. The highest BCUT2D eigenvalue weighted by molar-refractivity contribution is 5.76. The summed E-state index contributed by atoms with van der Waals surface area (Å²) in [6.07, 6.45) is 8.81. The van der Waals surface area contributed by atoms with Gasteiger partial charge in [-0.05, 0) is 74.7 Å². The van der Waals surface area contributed by atoms with E-state index in [-0.39, 0.29) is 5.91 Å². The van der Waals surface area contributed by atoms with E-state index in [1.165, 1.54) is 38.5 Å². The van der Waals surface area contributed by atoms with Crippen LogP contribution in [0.25, 0.3) is 0 Å². The molecule has 1 amide bonds. The van der Waals surface area contributed by atoms with Gasteiger partial charge < -0.3 is 10.6 Å². The Labute approximate surface area is 129 Å². The zero-order chi connectivity index (χ0) is 15.3. The maximum atomic E-state index is 12.4. The molecule has 3 nitrogen and oxygen atoms in total. The monoisotopic (exact) mass is 292 g/mol. The molecule has 3 unspecified atom stereocenters. The van der Waals surface area contributed by atoms with Crippen molar-refractivity contribution < 1.29 is 4.79 Å². The Kier molecular flexibility index (Phi) is 3.63. The molecule has 4 saturated carbocycles. The molecular weight excluding hydrogens is 260 g/mol. The molecule has 0 spiro atoms. The molecule has 0 heterocycles. The Morgan fingerprint density at radius 3 is 2.29 bits per heavy atom. The lowest BCUT2D eigenvalue weighted by Crippen LogP contribution is -2.56. The first-order chi connectivity index (χ1) is 9.76. The molecule has 3 atom stereocenters. The maximum absolute atomic E-state index is 12.4. The van der Waals surface area contributed by atoms with Crippen LogP contribution >= 0.6 is 0 Å². The lowest BCUT2D eigenvalue weighted by atomic mass is 9.40. The van der Waals surface area contributed by atoms with E-state index < -0.39 is 0 Å². The summed E-state index contributed by atoms with van der Waals surface area (Å²) in [4.78, 5) is 12.4. The first-order valence-electron chi connectivity index (χ1n) is 8.70. The van der Waals surface area contributed by atoms with Gasteiger partial charge in [0.25, 0.3) is 0 Å². The number of amides is 1. The molecule has 0 aromatic carbocycles. The lowest BCUT2D eigenvalue weighted by Gasteiger charge is -2.65. The Bertz CT molecular complexity index is 415. The smallest absolute Gasteiger partial charge is 0.220 e. The van der Waals surface area contributed by atoms with Gasteiger partial charge in [0.05, 0.1) is 0 Å². The van der Waals surface area contributed by atoms with Crippen molar-refractivity contribution >= 4 is 5.91 Å². The van der Waals surface area contributed by atoms with Gasteiger partial charge in [-0.3, -0.25) is 4.79 Å². The second-order valence-corrected chi connectivity index (χ2v) is 9.30. The molecular formula is C18H32N2O. The van der Waals surface area contributed by atoms with E-state index in [9.17, 15) is 4.79 Å². The SMILES string of the molecule is CNC(C)CNC(=O)CC12CC3CC(C)(CC(C)(C3)C1)C2. The molecule has 0 aromatic heterocycles. The van der Waals surface area contributed by atoms with E-state index in [1.54, 1.807) is 0 Å². The van der Waals surface area contributed by atoms with Crippen LogP contribution in [0.1, 0.15) is 65.7 Å². The lowest BCUT2D eigenvalue weighted by molar-refractivity contribution is -0.156.